The summed E-state index contributed by atoms with van der Waals surface area (Å²) in [4.78, 5) is 11.2. The molecule has 0 bridgehead atoms. The Labute approximate surface area is 103 Å². The largest absolute Gasteiger partial charge is 0.346 e. The molecule has 1 aromatic carbocycles. The Kier molecular flexibility index (Phi) is 5.48. The van der Waals surface area contributed by atoms with Gasteiger partial charge in [0, 0.05) is 0 Å². The van der Waals surface area contributed by atoms with Crippen molar-refractivity contribution in [1.82, 2.24) is 5.32 Å². The maximum absolute atomic E-state index is 11.2. The third-order valence-electron chi connectivity index (χ3n) is 2.38. The van der Waals surface area contributed by atoms with Gasteiger partial charge in [-0.1, -0.05) is 29.8 Å². The van der Waals surface area contributed by atoms with Crippen LogP contribution in [0.2, 0.25) is 0 Å². The van der Waals surface area contributed by atoms with Gasteiger partial charge in [-0.15, -0.1) is 12.4 Å². The van der Waals surface area contributed by atoms with E-state index < -0.39 is 0 Å². The van der Waals surface area contributed by atoms with Crippen LogP contribution in [-0.4, -0.2) is 12.5 Å². The number of carbonyl (C=O) groups is 1. The van der Waals surface area contributed by atoms with Gasteiger partial charge in [-0.3, -0.25) is 4.79 Å². The number of hydrogen-bond donors (Lipinski definition) is 2. The van der Waals surface area contributed by atoms with E-state index in [1.165, 1.54) is 5.56 Å². The van der Waals surface area contributed by atoms with Crippen LogP contribution >= 0.6 is 12.4 Å². The van der Waals surface area contributed by atoms with Crippen molar-refractivity contribution in [3.05, 3.63) is 35.4 Å². The van der Waals surface area contributed by atoms with Crippen LogP contribution in [0.1, 0.15) is 25.0 Å². The van der Waals surface area contributed by atoms with Gasteiger partial charge in [0.15, 0.2) is 0 Å². The van der Waals surface area contributed by atoms with Crippen LogP contribution < -0.4 is 11.1 Å². The first-order valence-corrected chi connectivity index (χ1v) is 5.04. The Morgan fingerprint density at radius 2 is 2.06 bits per heavy atom. The molecular formula is C12H19ClN2O. The van der Waals surface area contributed by atoms with E-state index in [0.29, 0.717) is 0 Å². The van der Waals surface area contributed by atoms with Gasteiger partial charge in [-0.05, 0) is 26.3 Å². The average molecular weight is 243 g/mol. The van der Waals surface area contributed by atoms with E-state index in [1.807, 2.05) is 39.0 Å². The lowest BCUT2D eigenvalue weighted by molar-refractivity contribution is -0.121. The Morgan fingerprint density at radius 1 is 1.44 bits per heavy atom. The van der Waals surface area contributed by atoms with Crippen LogP contribution in [0, 0.1) is 6.92 Å². The fourth-order valence-corrected chi connectivity index (χ4v) is 1.51. The number of halogens is 1. The summed E-state index contributed by atoms with van der Waals surface area (Å²) in [6, 6.07) is 8.09. The Hall–Kier alpha value is -1.06. The van der Waals surface area contributed by atoms with Gasteiger partial charge >= 0.3 is 0 Å². The zero-order valence-corrected chi connectivity index (χ0v) is 10.7. The van der Waals surface area contributed by atoms with E-state index in [0.717, 1.165) is 5.56 Å². The van der Waals surface area contributed by atoms with E-state index in [4.69, 9.17) is 5.73 Å². The third kappa shape index (κ3) is 3.83. The summed E-state index contributed by atoms with van der Waals surface area (Å²) in [5.74, 6) is -0.137. The molecule has 0 aromatic heterocycles. The Morgan fingerprint density at radius 3 is 2.56 bits per heavy atom. The standard InChI is InChI=1S/C12H18N2O.ClH/c1-9-5-4-6-10(7-9)12(2,3)14-11(15)8-13;/h4-7H,8,13H2,1-3H3,(H,14,15);1H. The summed E-state index contributed by atoms with van der Waals surface area (Å²) >= 11 is 0. The normalized spacial score (nSPS) is 10.5. The molecule has 3 nitrogen and oxygen atoms in total. The van der Waals surface area contributed by atoms with Gasteiger partial charge in [0.25, 0.3) is 0 Å². The van der Waals surface area contributed by atoms with Crippen LogP contribution in [-0.2, 0) is 10.3 Å². The minimum absolute atomic E-state index is 0. The third-order valence-corrected chi connectivity index (χ3v) is 2.38. The smallest absolute Gasteiger partial charge is 0.234 e. The number of rotatable bonds is 3. The molecule has 4 heteroatoms. The maximum Gasteiger partial charge on any atom is 0.234 e. The van der Waals surface area contributed by atoms with Crippen molar-refractivity contribution in [2.75, 3.05) is 6.54 Å². The molecule has 0 saturated carbocycles. The first-order valence-electron chi connectivity index (χ1n) is 5.04. The van der Waals surface area contributed by atoms with Gasteiger partial charge < -0.3 is 11.1 Å². The summed E-state index contributed by atoms with van der Waals surface area (Å²) in [6.45, 7) is 5.99. The lowest BCUT2D eigenvalue weighted by Gasteiger charge is -2.27. The number of nitrogens with two attached hydrogens (primary N) is 1. The summed E-state index contributed by atoms with van der Waals surface area (Å²) in [7, 11) is 0. The zero-order valence-electron chi connectivity index (χ0n) is 9.91. The lowest BCUT2D eigenvalue weighted by atomic mass is 9.93. The highest BCUT2D eigenvalue weighted by Gasteiger charge is 2.21. The molecule has 0 fully saturated rings. The Balaban J connectivity index is 0.00000225. The van der Waals surface area contributed by atoms with Crippen LogP contribution in [0.15, 0.2) is 24.3 Å². The van der Waals surface area contributed by atoms with Crippen molar-refractivity contribution in [2.45, 2.75) is 26.3 Å². The number of aryl methyl sites for hydroxylation is 1. The van der Waals surface area contributed by atoms with Crippen LogP contribution in [0.4, 0.5) is 0 Å². The molecule has 90 valence electrons. The second-order valence-corrected chi connectivity index (χ2v) is 4.25. The number of carbonyl (C=O) groups excluding carboxylic acids is 1. The summed E-state index contributed by atoms with van der Waals surface area (Å²) < 4.78 is 0. The van der Waals surface area contributed by atoms with Gasteiger partial charge in [-0.2, -0.15) is 0 Å². The van der Waals surface area contributed by atoms with Gasteiger partial charge in [0.05, 0.1) is 12.1 Å². The molecule has 3 N–H and O–H groups in total. The van der Waals surface area contributed by atoms with Gasteiger partial charge in [-0.25, -0.2) is 0 Å². The molecule has 0 atom stereocenters. The number of hydrogen-bond acceptors (Lipinski definition) is 2. The van der Waals surface area contributed by atoms with Crippen molar-refractivity contribution < 1.29 is 4.79 Å². The molecule has 1 rings (SSSR count). The number of nitrogens with one attached hydrogen (secondary N) is 1. The van der Waals surface area contributed by atoms with Gasteiger partial charge in [0.1, 0.15) is 0 Å². The molecule has 0 aliphatic rings. The van der Waals surface area contributed by atoms with Crippen LogP contribution in [0.5, 0.6) is 0 Å². The average Bonchev–Trinajstić information content (AvgIpc) is 2.17. The monoisotopic (exact) mass is 242 g/mol. The highest BCUT2D eigenvalue weighted by molar-refractivity contribution is 5.85. The predicted molar refractivity (Wildman–Crippen MR) is 68.7 cm³/mol. The summed E-state index contributed by atoms with van der Waals surface area (Å²) in [6.07, 6.45) is 0. The first-order chi connectivity index (χ1) is 6.95. The molecule has 0 unspecified atom stereocenters. The summed E-state index contributed by atoms with van der Waals surface area (Å²) in [5, 5.41) is 2.89. The topological polar surface area (TPSA) is 55.1 Å². The lowest BCUT2D eigenvalue weighted by Crippen LogP contribution is -2.43. The van der Waals surface area contributed by atoms with Gasteiger partial charge in [0.2, 0.25) is 5.91 Å². The van der Waals surface area contributed by atoms with E-state index in [-0.39, 0.29) is 30.4 Å². The molecule has 0 aliphatic heterocycles. The number of amides is 1. The SMILES string of the molecule is Cc1cccc(C(C)(C)NC(=O)CN)c1.Cl. The molecule has 0 spiro atoms. The molecule has 16 heavy (non-hydrogen) atoms. The minimum Gasteiger partial charge on any atom is -0.346 e. The molecular weight excluding hydrogens is 224 g/mol. The van der Waals surface area contributed by atoms with Crippen molar-refractivity contribution in [1.29, 1.82) is 0 Å². The number of benzene rings is 1. The van der Waals surface area contributed by atoms with E-state index in [1.54, 1.807) is 0 Å². The fraction of sp³-hybridized carbons (Fsp3) is 0.417. The highest BCUT2D eigenvalue weighted by Crippen LogP contribution is 2.20. The van der Waals surface area contributed by atoms with Crippen LogP contribution in [0.25, 0.3) is 0 Å². The van der Waals surface area contributed by atoms with E-state index in [2.05, 4.69) is 11.4 Å². The molecule has 1 aromatic rings. The minimum atomic E-state index is -0.373. The predicted octanol–water partition coefficient (Wildman–Crippen LogP) is 1.73. The first kappa shape index (κ1) is 14.9. The molecule has 1 amide bonds. The molecule has 0 radical (unpaired) electrons. The quantitative estimate of drug-likeness (QED) is 0.848. The maximum atomic E-state index is 11.2. The van der Waals surface area contributed by atoms with Crippen molar-refractivity contribution >= 4 is 18.3 Å². The second kappa shape index (κ2) is 5.87. The van der Waals surface area contributed by atoms with E-state index >= 15 is 0 Å². The van der Waals surface area contributed by atoms with E-state index in [9.17, 15) is 4.79 Å². The van der Waals surface area contributed by atoms with Crippen molar-refractivity contribution in [3.63, 3.8) is 0 Å². The van der Waals surface area contributed by atoms with Crippen LogP contribution in [0.3, 0.4) is 0 Å². The fourth-order valence-electron chi connectivity index (χ4n) is 1.51. The molecule has 0 aliphatic carbocycles. The molecule has 0 saturated heterocycles. The second-order valence-electron chi connectivity index (χ2n) is 4.25. The highest BCUT2D eigenvalue weighted by atomic mass is 35.5. The molecule has 0 heterocycles. The zero-order chi connectivity index (χ0) is 11.5. The summed E-state index contributed by atoms with van der Waals surface area (Å²) in [5.41, 5.74) is 7.17. The Bertz CT molecular complexity index is 364. The van der Waals surface area contributed by atoms with Crippen molar-refractivity contribution in [3.8, 4) is 0 Å². The van der Waals surface area contributed by atoms with Crippen molar-refractivity contribution in [2.24, 2.45) is 5.73 Å².